The van der Waals surface area contributed by atoms with Crippen molar-refractivity contribution in [2.24, 2.45) is 35.5 Å². The molecule has 0 aromatic heterocycles. The Labute approximate surface area is 258 Å². The molecule has 0 saturated heterocycles. The van der Waals surface area contributed by atoms with Crippen molar-refractivity contribution in [2.45, 2.75) is 87.9 Å². The molecule has 8 saturated carbocycles. The van der Waals surface area contributed by atoms with Crippen LogP contribution in [0.5, 0.6) is 23.0 Å². The second kappa shape index (κ2) is 9.61. The van der Waals surface area contributed by atoms with Crippen LogP contribution >= 0.6 is 0 Å². The predicted molar refractivity (Wildman–Crippen MR) is 168 cm³/mol. The van der Waals surface area contributed by atoms with Crippen LogP contribution in [0.4, 0.5) is 20.2 Å². The molecular formula is C38H42F2N2O2. The van der Waals surface area contributed by atoms with Gasteiger partial charge in [0, 0.05) is 29.3 Å². The number of nitrogens with two attached hydrogens (primary N) is 2. The largest absolute Gasteiger partial charge is 0.457 e. The number of benzene rings is 3. The minimum absolute atomic E-state index is 0.0716. The first kappa shape index (κ1) is 27.1. The lowest BCUT2D eigenvalue weighted by Gasteiger charge is -2.58. The van der Waals surface area contributed by atoms with Crippen molar-refractivity contribution in [3.05, 3.63) is 71.3 Å². The lowest BCUT2D eigenvalue weighted by Crippen LogP contribution is -2.50. The number of anilines is 2. The van der Waals surface area contributed by atoms with E-state index in [9.17, 15) is 8.78 Å². The third kappa shape index (κ3) is 4.34. The molecule has 44 heavy (non-hydrogen) atoms. The maximum Gasteiger partial charge on any atom is 0.146 e. The molecule has 4 N–H and O–H groups in total. The molecule has 8 fully saturated rings. The van der Waals surface area contributed by atoms with Gasteiger partial charge in [-0.15, -0.1) is 0 Å². The van der Waals surface area contributed by atoms with E-state index in [-0.39, 0.29) is 22.2 Å². The fourth-order valence-electron chi connectivity index (χ4n) is 11.9. The molecular weight excluding hydrogens is 554 g/mol. The average molecular weight is 597 g/mol. The topological polar surface area (TPSA) is 70.5 Å². The van der Waals surface area contributed by atoms with E-state index in [4.69, 9.17) is 20.9 Å². The van der Waals surface area contributed by atoms with Gasteiger partial charge in [-0.2, -0.15) is 0 Å². The molecule has 0 amide bonds. The summed E-state index contributed by atoms with van der Waals surface area (Å²) in [7, 11) is 0. The van der Waals surface area contributed by atoms with Gasteiger partial charge in [0.05, 0.1) is 11.4 Å². The summed E-state index contributed by atoms with van der Waals surface area (Å²) in [4.78, 5) is 0. The van der Waals surface area contributed by atoms with Crippen LogP contribution in [0.1, 0.15) is 88.2 Å². The van der Waals surface area contributed by atoms with Gasteiger partial charge in [0.15, 0.2) is 0 Å². The van der Waals surface area contributed by atoms with Gasteiger partial charge in [-0.05, 0) is 154 Å². The first-order valence-corrected chi connectivity index (χ1v) is 16.9. The van der Waals surface area contributed by atoms with Gasteiger partial charge in [-0.25, -0.2) is 8.78 Å². The summed E-state index contributed by atoms with van der Waals surface area (Å²) in [6, 6.07) is 13.8. The molecule has 0 radical (unpaired) electrons. The highest BCUT2D eigenvalue weighted by atomic mass is 19.1. The Balaban J connectivity index is 1.23. The maximum absolute atomic E-state index is 14.2. The van der Waals surface area contributed by atoms with Gasteiger partial charge in [0.2, 0.25) is 0 Å². The lowest BCUT2D eigenvalue weighted by atomic mass is 9.46. The van der Waals surface area contributed by atoms with E-state index in [0.717, 1.165) is 47.0 Å². The number of hydrogen-bond donors (Lipinski definition) is 2. The Morgan fingerprint density at radius 1 is 0.500 bits per heavy atom. The highest BCUT2D eigenvalue weighted by molar-refractivity contribution is 5.58. The molecule has 11 rings (SSSR count). The van der Waals surface area contributed by atoms with Crippen LogP contribution in [0.3, 0.4) is 0 Å². The number of hydrogen-bond acceptors (Lipinski definition) is 4. The molecule has 3 aromatic carbocycles. The Bertz CT molecular complexity index is 1460. The van der Waals surface area contributed by atoms with Crippen LogP contribution in [0.25, 0.3) is 0 Å². The zero-order valence-electron chi connectivity index (χ0n) is 25.3. The second-order valence-electron chi connectivity index (χ2n) is 15.8. The third-order valence-electron chi connectivity index (χ3n) is 12.7. The number of nitrogen functional groups attached to an aromatic ring is 2. The van der Waals surface area contributed by atoms with E-state index in [1.807, 2.05) is 0 Å². The van der Waals surface area contributed by atoms with E-state index in [1.54, 1.807) is 24.3 Å². The Hall–Kier alpha value is -3.28. The van der Waals surface area contributed by atoms with Gasteiger partial charge in [-0.1, -0.05) is 0 Å². The van der Waals surface area contributed by atoms with Crippen LogP contribution in [0, 0.1) is 47.1 Å². The molecule has 4 nitrogen and oxygen atoms in total. The minimum Gasteiger partial charge on any atom is -0.457 e. The number of rotatable bonds is 6. The van der Waals surface area contributed by atoms with Crippen molar-refractivity contribution in [1.29, 1.82) is 0 Å². The zero-order chi connectivity index (χ0) is 29.8. The summed E-state index contributed by atoms with van der Waals surface area (Å²) in [6.45, 7) is 0. The van der Waals surface area contributed by atoms with Gasteiger partial charge in [-0.3, -0.25) is 0 Å². The van der Waals surface area contributed by atoms with Crippen LogP contribution < -0.4 is 20.9 Å². The van der Waals surface area contributed by atoms with Gasteiger partial charge in [0.25, 0.3) is 0 Å². The van der Waals surface area contributed by atoms with Crippen LogP contribution in [0.2, 0.25) is 0 Å². The molecule has 230 valence electrons. The maximum atomic E-state index is 14.2. The first-order valence-electron chi connectivity index (χ1n) is 16.9. The average Bonchev–Trinajstić information content (AvgIpc) is 2.95. The summed E-state index contributed by atoms with van der Waals surface area (Å²) in [5, 5.41) is 0. The van der Waals surface area contributed by atoms with E-state index in [2.05, 4.69) is 12.1 Å². The summed E-state index contributed by atoms with van der Waals surface area (Å²) < 4.78 is 41.8. The van der Waals surface area contributed by atoms with Crippen molar-refractivity contribution in [3.8, 4) is 23.0 Å². The van der Waals surface area contributed by atoms with Crippen molar-refractivity contribution in [2.75, 3.05) is 11.5 Å². The van der Waals surface area contributed by atoms with Gasteiger partial charge >= 0.3 is 0 Å². The third-order valence-corrected chi connectivity index (χ3v) is 12.7. The Morgan fingerprint density at radius 3 is 1.16 bits per heavy atom. The first-order chi connectivity index (χ1) is 21.2. The van der Waals surface area contributed by atoms with Crippen molar-refractivity contribution in [1.82, 2.24) is 0 Å². The van der Waals surface area contributed by atoms with Crippen molar-refractivity contribution in [3.63, 3.8) is 0 Å². The molecule has 0 spiro atoms. The van der Waals surface area contributed by atoms with Crippen LogP contribution in [-0.2, 0) is 10.8 Å². The van der Waals surface area contributed by atoms with Gasteiger partial charge < -0.3 is 20.9 Å². The molecule has 8 aliphatic rings. The number of halogens is 2. The van der Waals surface area contributed by atoms with Gasteiger partial charge in [0.1, 0.15) is 34.6 Å². The summed E-state index contributed by atoms with van der Waals surface area (Å²) in [5.41, 5.74) is 14.9. The molecule has 0 atom stereocenters. The smallest absolute Gasteiger partial charge is 0.146 e. The number of ether oxygens (including phenoxy) is 2. The minimum atomic E-state index is -0.450. The van der Waals surface area contributed by atoms with Crippen LogP contribution in [0.15, 0.2) is 48.5 Å². The molecule has 3 aromatic rings. The van der Waals surface area contributed by atoms with E-state index >= 15 is 0 Å². The Kier molecular flexibility index (Phi) is 5.91. The SMILES string of the molecule is Nc1cc(Oc2cc(Oc3ccc(F)c(N)c3)c(C34CC5CC(CC(C5)C3)C4)cc2C23CC4CC(CC(C4)C2)C3)ccc1F. The summed E-state index contributed by atoms with van der Waals surface area (Å²) in [5.74, 6) is 6.34. The molecule has 8 aliphatic carbocycles. The quantitative estimate of drug-likeness (QED) is 0.278. The highest BCUT2D eigenvalue weighted by Crippen LogP contribution is 2.66. The summed E-state index contributed by atoms with van der Waals surface area (Å²) in [6.07, 6.45) is 15.4. The van der Waals surface area contributed by atoms with E-state index < -0.39 is 11.6 Å². The molecule has 0 unspecified atom stereocenters. The van der Waals surface area contributed by atoms with E-state index in [0.29, 0.717) is 11.5 Å². The van der Waals surface area contributed by atoms with Crippen LogP contribution in [-0.4, -0.2) is 0 Å². The fraction of sp³-hybridized carbons (Fsp3) is 0.526. The predicted octanol–water partition coefficient (Wildman–Crippen LogP) is 9.65. The monoisotopic (exact) mass is 596 g/mol. The summed E-state index contributed by atoms with van der Waals surface area (Å²) >= 11 is 0. The van der Waals surface area contributed by atoms with E-state index in [1.165, 1.54) is 100 Å². The highest BCUT2D eigenvalue weighted by Gasteiger charge is 2.55. The molecule has 0 heterocycles. The van der Waals surface area contributed by atoms with Crippen molar-refractivity contribution < 1.29 is 18.3 Å². The normalized spacial score (nSPS) is 36.1. The fourth-order valence-corrected chi connectivity index (χ4v) is 11.9. The van der Waals surface area contributed by atoms with Crippen molar-refractivity contribution >= 4 is 11.4 Å². The molecule has 0 aliphatic heterocycles. The standard InChI is InChI=1S/C38H42F2N2O2/c39-31-3-1-27(11-33(31)41)43-35-14-36(44-28-2-4-32(40)34(42)12-28)30(38-18-24-8-25(19-38)10-26(9-24)20-38)13-29(35)37-15-21-5-22(16-37)7-23(6-21)17-37/h1-4,11-14,21-26H,5-10,15-20,41-42H2. The molecule has 6 heteroatoms. The second-order valence-corrected chi connectivity index (χ2v) is 15.8. The lowest BCUT2D eigenvalue weighted by molar-refractivity contribution is -0.00937. The zero-order valence-corrected chi connectivity index (χ0v) is 25.3. The molecule has 8 bridgehead atoms. The Morgan fingerprint density at radius 2 is 0.841 bits per heavy atom.